The first-order valence-electron chi connectivity index (χ1n) is 6.19. The van der Waals surface area contributed by atoms with Crippen molar-refractivity contribution in [3.63, 3.8) is 0 Å². The van der Waals surface area contributed by atoms with Crippen molar-refractivity contribution in [1.82, 2.24) is 15.1 Å². The van der Waals surface area contributed by atoms with Crippen LogP contribution < -0.4 is 5.32 Å². The van der Waals surface area contributed by atoms with Crippen LogP contribution >= 0.6 is 11.6 Å². The molecule has 0 saturated carbocycles. The number of hydrogen-bond acceptors (Lipinski definition) is 2. The van der Waals surface area contributed by atoms with E-state index in [-0.39, 0.29) is 0 Å². The van der Waals surface area contributed by atoms with Crippen molar-refractivity contribution in [3.8, 4) is 0 Å². The molecule has 2 rings (SSSR count). The summed E-state index contributed by atoms with van der Waals surface area (Å²) < 4.78 is 1.95. The summed E-state index contributed by atoms with van der Waals surface area (Å²) in [5.74, 6) is 0. The van der Waals surface area contributed by atoms with Gasteiger partial charge in [-0.05, 0) is 31.2 Å². The van der Waals surface area contributed by atoms with Gasteiger partial charge in [0.15, 0.2) is 0 Å². The minimum atomic E-state index is 0.342. The van der Waals surface area contributed by atoms with Gasteiger partial charge in [-0.1, -0.05) is 30.7 Å². The summed E-state index contributed by atoms with van der Waals surface area (Å²) in [4.78, 5) is 0. The molecule has 18 heavy (non-hydrogen) atoms. The summed E-state index contributed by atoms with van der Waals surface area (Å²) in [5.41, 5.74) is 2.41. The maximum Gasteiger partial charge on any atom is 0.0659 e. The fourth-order valence-electron chi connectivity index (χ4n) is 1.89. The molecule has 1 aromatic carbocycles. The molecule has 2 aromatic rings. The standard InChI is InChI=1S/C14H18ClN3/c1-3-16-11(2)13-8-17-18(10-13)9-12-4-6-14(15)7-5-12/h4-8,10-11,16H,3,9H2,1-2H3. The fraction of sp³-hybridized carbons (Fsp3) is 0.357. The van der Waals surface area contributed by atoms with Gasteiger partial charge in [0.05, 0.1) is 12.7 Å². The highest BCUT2D eigenvalue weighted by Gasteiger charge is 2.06. The molecule has 0 aliphatic heterocycles. The van der Waals surface area contributed by atoms with Crippen molar-refractivity contribution in [2.24, 2.45) is 0 Å². The van der Waals surface area contributed by atoms with Crippen molar-refractivity contribution >= 4 is 11.6 Å². The Bertz CT molecular complexity index is 490. The second-order valence-electron chi connectivity index (χ2n) is 4.38. The summed E-state index contributed by atoms with van der Waals surface area (Å²) in [5, 5.41) is 8.52. The van der Waals surface area contributed by atoms with Gasteiger partial charge in [0.2, 0.25) is 0 Å². The van der Waals surface area contributed by atoms with Gasteiger partial charge in [-0.2, -0.15) is 5.10 Å². The molecule has 1 unspecified atom stereocenters. The molecular formula is C14H18ClN3. The second-order valence-corrected chi connectivity index (χ2v) is 4.81. The lowest BCUT2D eigenvalue weighted by Gasteiger charge is -2.08. The molecule has 0 amide bonds. The monoisotopic (exact) mass is 263 g/mol. The molecule has 0 radical (unpaired) electrons. The Hall–Kier alpha value is -1.32. The smallest absolute Gasteiger partial charge is 0.0659 e. The van der Waals surface area contributed by atoms with Crippen molar-refractivity contribution in [1.29, 1.82) is 0 Å². The van der Waals surface area contributed by atoms with E-state index in [2.05, 4.69) is 30.5 Å². The lowest BCUT2D eigenvalue weighted by Crippen LogP contribution is -2.17. The van der Waals surface area contributed by atoms with Crippen LogP contribution in [0.25, 0.3) is 0 Å². The minimum absolute atomic E-state index is 0.342. The van der Waals surface area contributed by atoms with Gasteiger partial charge in [0.1, 0.15) is 0 Å². The second kappa shape index (κ2) is 6.03. The van der Waals surface area contributed by atoms with E-state index in [1.165, 1.54) is 11.1 Å². The maximum atomic E-state index is 5.86. The lowest BCUT2D eigenvalue weighted by atomic mass is 10.2. The van der Waals surface area contributed by atoms with Gasteiger partial charge < -0.3 is 5.32 Å². The Morgan fingerprint density at radius 2 is 2.06 bits per heavy atom. The Kier molecular flexibility index (Phi) is 4.39. The van der Waals surface area contributed by atoms with Gasteiger partial charge in [0.25, 0.3) is 0 Å². The minimum Gasteiger partial charge on any atom is -0.310 e. The van der Waals surface area contributed by atoms with E-state index in [1.54, 1.807) is 0 Å². The van der Waals surface area contributed by atoms with Crippen LogP contribution in [0.15, 0.2) is 36.7 Å². The average molecular weight is 264 g/mol. The number of benzene rings is 1. The van der Waals surface area contributed by atoms with E-state index in [0.717, 1.165) is 18.1 Å². The highest BCUT2D eigenvalue weighted by atomic mass is 35.5. The molecule has 0 bridgehead atoms. The van der Waals surface area contributed by atoms with Crippen molar-refractivity contribution in [3.05, 3.63) is 52.8 Å². The molecular weight excluding hydrogens is 246 g/mol. The van der Waals surface area contributed by atoms with Gasteiger partial charge in [0, 0.05) is 22.8 Å². The Balaban J connectivity index is 2.04. The van der Waals surface area contributed by atoms with Gasteiger partial charge in [-0.15, -0.1) is 0 Å². The lowest BCUT2D eigenvalue weighted by molar-refractivity contribution is 0.596. The number of aromatic nitrogens is 2. The molecule has 0 aliphatic rings. The highest BCUT2D eigenvalue weighted by Crippen LogP contribution is 2.13. The number of nitrogens with zero attached hydrogens (tertiary/aromatic N) is 2. The van der Waals surface area contributed by atoms with Crippen molar-refractivity contribution in [2.75, 3.05) is 6.54 Å². The SMILES string of the molecule is CCNC(C)c1cnn(Cc2ccc(Cl)cc2)c1. The largest absolute Gasteiger partial charge is 0.310 e. The predicted molar refractivity (Wildman–Crippen MR) is 74.9 cm³/mol. The summed E-state index contributed by atoms with van der Waals surface area (Å²) in [6.07, 6.45) is 4.01. The first-order valence-corrected chi connectivity index (χ1v) is 6.57. The third-order valence-corrected chi connectivity index (χ3v) is 3.17. The molecule has 0 spiro atoms. The molecule has 4 heteroatoms. The van der Waals surface area contributed by atoms with Crippen LogP contribution in [0.4, 0.5) is 0 Å². The molecule has 1 heterocycles. The first-order chi connectivity index (χ1) is 8.69. The zero-order valence-corrected chi connectivity index (χ0v) is 11.5. The van der Waals surface area contributed by atoms with Crippen LogP contribution in [0.1, 0.15) is 31.0 Å². The zero-order valence-electron chi connectivity index (χ0n) is 10.7. The average Bonchev–Trinajstić information content (AvgIpc) is 2.81. The zero-order chi connectivity index (χ0) is 13.0. The third kappa shape index (κ3) is 3.34. The predicted octanol–water partition coefficient (Wildman–Crippen LogP) is 3.26. The van der Waals surface area contributed by atoms with E-state index < -0.39 is 0 Å². The van der Waals surface area contributed by atoms with Crippen LogP contribution in [0.2, 0.25) is 5.02 Å². The fourth-order valence-corrected chi connectivity index (χ4v) is 2.02. The van der Waals surface area contributed by atoms with Crippen molar-refractivity contribution in [2.45, 2.75) is 26.4 Å². The quantitative estimate of drug-likeness (QED) is 0.897. The molecule has 0 fully saturated rings. The first kappa shape index (κ1) is 13.1. The van der Waals surface area contributed by atoms with Crippen molar-refractivity contribution < 1.29 is 0 Å². The molecule has 0 aliphatic carbocycles. The Labute approximate surface area is 113 Å². The van der Waals surface area contributed by atoms with Gasteiger partial charge in [-0.3, -0.25) is 4.68 Å². The molecule has 3 nitrogen and oxygen atoms in total. The Morgan fingerprint density at radius 3 is 2.72 bits per heavy atom. The van der Waals surface area contributed by atoms with Gasteiger partial charge >= 0.3 is 0 Å². The molecule has 96 valence electrons. The van der Waals surface area contributed by atoms with E-state index in [9.17, 15) is 0 Å². The summed E-state index contributed by atoms with van der Waals surface area (Å²) in [6, 6.07) is 8.20. The molecule has 1 aromatic heterocycles. The third-order valence-electron chi connectivity index (χ3n) is 2.92. The Morgan fingerprint density at radius 1 is 1.33 bits per heavy atom. The van der Waals surface area contributed by atoms with Crippen LogP contribution in [-0.4, -0.2) is 16.3 Å². The molecule has 0 saturated heterocycles. The van der Waals surface area contributed by atoms with Gasteiger partial charge in [-0.25, -0.2) is 0 Å². The number of hydrogen-bond donors (Lipinski definition) is 1. The van der Waals surface area contributed by atoms with E-state index in [0.29, 0.717) is 6.04 Å². The van der Waals surface area contributed by atoms with Crippen LogP contribution in [0.3, 0.4) is 0 Å². The molecule has 1 atom stereocenters. The summed E-state index contributed by atoms with van der Waals surface area (Å²) >= 11 is 5.86. The van der Waals surface area contributed by atoms with E-state index in [1.807, 2.05) is 35.1 Å². The normalized spacial score (nSPS) is 12.6. The number of halogens is 1. The van der Waals surface area contributed by atoms with Crippen LogP contribution in [0, 0.1) is 0 Å². The number of nitrogens with one attached hydrogen (secondary N) is 1. The molecule has 1 N–H and O–H groups in total. The highest BCUT2D eigenvalue weighted by molar-refractivity contribution is 6.30. The van der Waals surface area contributed by atoms with Crippen LogP contribution in [-0.2, 0) is 6.54 Å². The van der Waals surface area contributed by atoms with E-state index >= 15 is 0 Å². The number of rotatable bonds is 5. The van der Waals surface area contributed by atoms with Crippen LogP contribution in [0.5, 0.6) is 0 Å². The summed E-state index contributed by atoms with van der Waals surface area (Å²) in [6.45, 7) is 5.99. The summed E-state index contributed by atoms with van der Waals surface area (Å²) in [7, 11) is 0. The van der Waals surface area contributed by atoms with E-state index in [4.69, 9.17) is 11.6 Å². The maximum absolute atomic E-state index is 5.86. The topological polar surface area (TPSA) is 29.9 Å².